The molecular weight excluding hydrogens is 118 g/mol. The summed E-state index contributed by atoms with van der Waals surface area (Å²) >= 11 is 0. The van der Waals surface area contributed by atoms with E-state index in [0.29, 0.717) is 26.4 Å². The van der Waals surface area contributed by atoms with Crippen LogP contribution in [0.4, 0.5) is 0 Å². The first-order valence-corrected chi connectivity index (χ1v) is 2.92. The standard InChI is InChI=1S/C6H13NO2/c1-2-8-5-6-9-4-3-7/h2H,1,3-7H2. The summed E-state index contributed by atoms with van der Waals surface area (Å²) in [6.07, 6.45) is 1.39. The van der Waals surface area contributed by atoms with Crippen LogP contribution in [-0.4, -0.2) is 26.4 Å². The minimum Gasteiger partial charge on any atom is -0.499 e. The molecule has 9 heavy (non-hydrogen) atoms. The smallest absolute Gasteiger partial charge is 0.111 e. The van der Waals surface area contributed by atoms with Crippen LogP contribution in [0, 0.1) is 0 Å². The van der Waals surface area contributed by atoms with Crippen molar-refractivity contribution in [1.29, 1.82) is 0 Å². The van der Waals surface area contributed by atoms with Crippen LogP contribution in [0.25, 0.3) is 0 Å². The van der Waals surface area contributed by atoms with Crippen molar-refractivity contribution in [1.82, 2.24) is 0 Å². The molecule has 2 N–H and O–H groups in total. The van der Waals surface area contributed by atoms with Gasteiger partial charge in [-0.25, -0.2) is 0 Å². The van der Waals surface area contributed by atoms with Crippen LogP contribution < -0.4 is 5.73 Å². The predicted molar refractivity (Wildman–Crippen MR) is 36.0 cm³/mol. The minimum atomic E-state index is 0.559. The van der Waals surface area contributed by atoms with E-state index in [-0.39, 0.29) is 0 Å². The predicted octanol–water partition coefficient (Wildman–Crippen LogP) is 0.122. The highest BCUT2D eigenvalue weighted by molar-refractivity contribution is 4.47. The largest absolute Gasteiger partial charge is 0.499 e. The van der Waals surface area contributed by atoms with Crippen molar-refractivity contribution < 1.29 is 9.47 Å². The van der Waals surface area contributed by atoms with E-state index in [1.165, 1.54) is 6.26 Å². The van der Waals surface area contributed by atoms with Gasteiger partial charge in [-0.1, -0.05) is 6.58 Å². The van der Waals surface area contributed by atoms with Gasteiger partial charge in [0.1, 0.15) is 6.61 Å². The summed E-state index contributed by atoms with van der Waals surface area (Å²) in [7, 11) is 0. The molecule has 0 spiro atoms. The average molecular weight is 131 g/mol. The molecule has 54 valence electrons. The number of ether oxygens (including phenoxy) is 2. The highest BCUT2D eigenvalue weighted by Crippen LogP contribution is 1.75. The SMILES string of the molecule is C=COCCOCCN. The summed E-state index contributed by atoms with van der Waals surface area (Å²) < 4.78 is 9.77. The molecule has 0 atom stereocenters. The monoisotopic (exact) mass is 131 g/mol. The van der Waals surface area contributed by atoms with E-state index in [2.05, 4.69) is 6.58 Å². The molecule has 3 nitrogen and oxygen atoms in total. The fraction of sp³-hybridized carbons (Fsp3) is 0.667. The summed E-state index contributed by atoms with van der Waals surface area (Å²) in [4.78, 5) is 0. The van der Waals surface area contributed by atoms with E-state index in [0.717, 1.165) is 0 Å². The molecule has 0 aliphatic rings. The topological polar surface area (TPSA) is 44.5 Å². The molecule has 0 bridgehead atoms. The molecule has 0 aliphatic heterocycles. The third kappa shape index (κ3) is 7.46. The molecule has 0 aliphatic carbocycles. The first-order valence-electron chi connectivity index (χ1n) is 2.92. The van der Waals surface area contributed by atoms with Gasteiger partial charge in [-0.15, -0.1) is 0 Å². The summed E-state index contributed by atoms with van der Waals surface area (Å²) in [5.41, 5.74) is 5.16. The third-order valence-electron chi connectivity index (χ3n) is 0.726. The van der Waals surface area contributed by atoms with Crippen molar-refractivity contribution in [2.75, 3.05) is 26.4 Å². The third-order valence-corrected chi connectivity index (χ3v) is 0.726. The second-order valence-electron chi connectivity index (χ2n) is 1.44. The number of hydrogen-bond acceptors (Lipinski definition) is 3. The Hall–Kier alpha value is -0.540. The van der Waals surface area contributed by atoms with Gasteiger partial charge in [-0.3, -0.25) is 0 Å². The molecule has 0 saturated carbocycles. The van der Waals surface area contributed by atoms with Gasteiger partial charge in [0.05, 0.1) is 19.5 Å². The molecule has 0 saturated heterocycles. The van der Waals surface area contributed by atoms with Crippen molar-refractivity contribution in [3.8, 4) is 0 Å². The summed E-state index contributed by atoms with van der Waals surface area (Å²) in [5, 5.41) is 0. The van der Waals surface area contributed by atoms with Crippen molar-refractivity contribution in [3.05, 3.63) is 12.8 Å². The van der Waals surface area contributed by atoms with E-state index in [9.17, 15) is 0 Å². The first-order chi connectivity index (χ1) is 4.41. The first kappa shape index (κ1) is 8.46. The zero-order valence-electron chi connectivity index (χ0n) is 5.51. The molecule has 3 heteroatoms. The van der Waals surface area contributed by atoms with E-state index < -0.39 is 0 Å². The highest BCUT2D eigenvalue weighted by atomic mass is 16.5. The lowest BCUT2D eigenvalue weighted by Gasteiger charge is -2.00. The highest BCUT2D eigenvalue weighted by Gasteiger charge is 1.82. The van der Waals surface area contributed by atoms with E-state index in [1.807, 2.05) is 0 Å². The minimum absolute atomic E-state index is 0.559. The number of rotatable bonds is 6. The Morgan fingerprint density at radius 1 is 1.33 bits per heavy atom. The Kier molecular flexibility index (Phi) is 7.01. The van der Waals surface area contributed by atoms with E-state index in [4.69, 9.17) is 15.2 Å². The van der Waals surface area contributed by atoms with Crippen LogP contribution in [0.15, 0.2) is 12.8 Å². The molecule has 0 radical (unpaired) electrons. The van der Waals surface area contributed by atoms with Gasteiger partial charge in [-0.05, 0) is 0 Å². The Balaban J connectivity index is 2.66. The van der Waals surface area contributed by atoms with Gasteiger partial charge in [-0.2, -0.15) is 0 Å². The van der Waals surface area contributed by atoms with Gasteiger partial charge in [0.15, 0.2) is 0 Å². The summed E-state index contributed by atoms with van der Waals surface area (Å²) in [6, 6.07) is 0. The molecule has 0 aromatic rings. The summed E-state index contributed by atoms with van der Waals surface area (Å²) in [6.45, 7) is 5.68. The normalized spacial score (nSPS) is 9.00. The maximum Gasteiger partial charge on any atom is 0.111 e. The number of nitrogens with two attached hydrogens (primary N) is 1. The van der Waals surface area contributed by atoms with Crippen LogP contribution in [0.5, 0.6) is 0 Å². The second-order valence-corrected chi connectivity index (χ2v) is 1.44. The van der Waals surface area contributed by atoms with Crippen LogP contribution in [-0.2, 0) is 9.47 Å². The van der Waals surface area contributed by atoms with Crippen molar-refractivity contribution in [2.45, 2.75) is 0 Å². The molecule has 0 fully saturated rings. The van der Waals surface area contributed by atoms with Crippen LogP contribution >= 0.6 is 0 Å². The second kappa shape index (κ2) is 7.46. The van der Waals surface area contributed by atoms with Crippen molar-refractivity contribution in [2.24, 2.45) is 5.73 Å². The summed E-state index contributed by atoms with van der Waals surface area (Å²) in [5.74, 6) is 0. The van der Waals surface area contributed by atoms with Gasteiger partial charge < -0.3 is 15.2 Å². The number of hydrogen-bond donors (Lipinski definition) is 1. The lowest BCUT2D eigenvalue weighted by atomic mass is 10.7. The van der Waals surface area contributed by atoms with Crippen molar-refractivity contribution >= 4 is 0 Å². The van der Waals surface area contributed by atoms with Crippen LogP contribution in [0.1, 0.15) is 0 Å². The zero-order valence-corrected chi connectivity index (χ0v) is 5.51. The Labute approximate surface area is 55.4 Å². The molecule has 0 unspecified atom stereocenters. The van der Waals surface area contributed by atoms with E-state index >= 15 is 0 Å². The fourth-order valence-corrected chi connectivity index (χ4v) is 0.376. The van der Waals surface area contributed by atoms with Gasteiger partial charge in [0.2, 0.25) is 0 Å². The maximum absolute atomic E-state index is 5.16. The van der Waals surface area contributed by atoms with Gasteiger partial charge in [0, 0.05) is 6.54 Å². The lowest BCUT2D eigenvalue weighted by molar-refractivity contribution is 0.0899. The Bertz CT molecular complexity index is 66.1. The Morgan fingerprint density at radius 3 is 2.67 bits per heavy atom. The van der Waals surface area contributed by atoms with Crippen LogP contribution in [0.2, 0.25) is 0 Å². The van der Waals surface area contributed by atoms with Crippen molar-refractivity contribution in [3.63, 3.8) is 0 Å². The van der Waals surface area contributed by atoms with Crippen LogP contribution in [0.3, 0.4) is 0 Å². The molecule has 0 amide bonds. The van der Waals surface area contributed by atoms with E-state index in [1.54, 1.807) is 0 Å². The maximum atomic E-state index is 5.16. The van der Waals surface area contributed by atoms with Gasteiger partial charge in [0.25, 0.3) is 0 Å². The molecule has 0 rings (SSSR count). The zero-order chi connectivity index (χ0) is 6.95. The van der Waals surface area contributed by atoms with Gasteiger partial charge >= 0.3 is 0 Å². The average Bonchev–Trinajstić information content (AvgIpc) is 1.89. The fourth-order valence-electron chi connectivity index (χ4n) is 0.376. The molecule has 0 aromatic heterocycles. The molecular formula is C6H13NO2. The Morgan fingerprint density at radius 2 is 2.11 bits per heavy atom. The molecule has 0 aromatic carbocycles. The lowest BCUT2D eigenvalue weighted by Crippen LogP contribution is -2.10. The quantitative estimate of drug-likeness (QED) is 0.411. The molecule has 0 heterocycles.